The largest absolute Gasteiger partial charge is 0.378 e. The summed E-state index contributed by atoms with van der Waals surface area (Å²) in [5.74, 6) is 1.09. The van der Waals surface area contributed by atoms with E-state index < -0.39 is 0 Å². The lowest BCUT2D eigenvalue weighted by molar-refractivity contribution is 0.0579. The second kappa shape index (κ2) is 9.96. The van der Waals surface area contributed by atoms with Gasteiger partial charge in [0.25, 0.3) is 0 Å². The van der Waals surface area contributed by atoms with Crippen LogP contribution in [-0.2, 0) is 4.74 Å². The summed E-state index contributed by atoms with van der Waals surface area (Å²) in [6, 6.07) is 0. The molecule has 0 amide bonds. The Hall–Kier alpha value is -0.0400. The van der Waals surface area contributed by atoms with Gasteiger partial charge in [-0.25, -0.2) is 0 Å². The van der Waals surface area contributed by atoms with Gasteiger partial charge in [0.15, 0.2) is 5.96 Å². The van der Waals surface area contributed by atoms with Crippen molar-refractivity contribution >= 4 is 29.9 Å². The number of nitrogens with zero attached hydrogens (tertiary/aromatic N) is 2. The predicted octanol–water partition coefficient (Wildman–Crippen LogP) is 3.65. The summed E-state index contributed by atoms with van der Waals surface area (Å²) >= 11 is 0. The van der Waals surface area contributed by atoms with Gasteiger partial charge in [-0.2, -0.15) is 0 Å². The molecule has 1 aliphatic carbocycles. The quantitative estimate of drug-likeness (QED) is 0.307. The maximum Gasteiger partial charge on any atom is 0.193 e. The van der Waals surface area contributed by atoms with Crippen molar-refractivity contribution in [2.45, 2.75) is 65.4 Å². The number of halogens is 1. The third-order valence-corrected chi connectivity index (χ3v) is 4.53. The predicted molar refractivity (Wildman–Crippen MR) is 104 cm³/mol. The molecule has 1 N–H and O–H groups in total. The summed E-state index contributed by atoms with van der Waals surface area (Å²) in [4.78, 5) is 7.18. The molecule has 2 fully saturated rings. The molecule has 1 saturated heterocycles. The van der Waals surface area contributed by atoms with Crippen LogP contribution in [0.2, 0.25) is 0 Å². The fraction of sp³-hybridized carbons (Fsp3) is 0.941. The van der Waals surface area contributed by atoms with Gasteiger partial charge in [-0.05, 0) is 38.0 Å². The molecule has 0 unspecified atom stereocenters. The number of nitrogens with one attached hydrogen (secondary N) is 1. The number of ether oxygens (including phenoxy) is 1. The first-order valence-electron chi connectivity index (χ1n) is 8.75. The van der Waals surface area contributed by atoms with Crippen LogP contribution in [0.5, 0.6) is 0 Å². The van der Waals surface area contributed by atoms with E-state index >= 15 is 0 Å². The standard InChI is InChI=1S/C17H33N3O.HI/c1-4-18-16(20-12-10-17(2,3)14-20)19-11-7-13-21-15-8-5-6-9-15;/h15H,4-14H2,1-3H3,(H,18,19);1H. The normalized spacial score (nSPS) is 22.0. The SMILES string of the molecule is CCNC(=NCCCOC1CCCC1)N1CCC(C)(C)C1.I. The molecule has 2 aliphatic rings. The molecule has 1 aliphatic heterocycles. The van der Waals surface area contributed by atoms with Crippen LogP contribution >= 0.6 is 24.0 Å². The fourth-order valence-corrected chi connectivity index (χ4v) is 3.27. The van der Waals surface area contributed by atoms with Gasteiger partial charge in [-0.3, -0.25) is 4.99 Å². The van der Waals surface area contributed by atoms with Crippen molar-refractivity contribution in [2.75, 3.05) is 32.8 Å². The van der Waals surface area contributed by atoms with E-state index in [1.165, 1.54) is 32.1 Å². The number of guanidine groups is 1. The third kappa shape index (κ3) is 6.60. The van der Waals surface area contributed by atoms with Gasteiger partial charge in [0.1, 0.15) is 0 Å². The van der Waals surface area contributed by atoms with Gasteiger partial charge >= 0.3 is 0 Å². The summed E-state index contributed by atoms with van der Waals surface area (Å²) in [6.07, 6.45) is 8.02. The summed E-state index contributed by atoms with van der Waals surface area (Å²) < 4.78 is 5.90. The minimum Gasteiger partial charge on any atom is -0.378 e. The van der Waals surface area contributed by atoms with Crippen molar-refractivity contribution in [3.63, 3.8) is 0 Å². The Bertz CT molecular complexity index is 341. The highest BCUT2D eigenvalue weighted by Gasteiger charge is 2.30. The summed E-state index contributed by atoms with van der Waals surface area (Å²) in [7, 11) is 0. The Balaban J connectivity index is 0.00000242. The van der Waals surface area contributed by atoms with Crippen molar-refractivity contribution in [3.8, 4) is 0 Å². The number of hydrogen-bond donors (Lipinski definition) is 1. The number of likely N-dealkylation sites (tertiary alicyclic amines) is 1. The van der Waals surface area contributed by atoms with Gasteiger partial charge in [0.05, 0.1) is 6.10 Å². The first-order chi connectivity index (χ1) is 10.1. The summed E-state index contributed by atoms with van der Waals surface area (Å²) in [5, 5.41) is 3.43. The highest BCUT2D eigenvalue weighted by molar-refractivity contribution is 14.0. The van der Waals surface area contributed by atoms with E-state index in [0.717, 1.165) is 45.2 Å². The van der Waals surface area contributed by atoms with E-state index in [2.05, 4.69) is 31.0 Å². The first-order valence-corrected chi connectivity index (χ1v) is 8.75. The second-order valence-corrected chi connectivity index (χ2v) is 7.20. The Morgan fingerprint density at radius 3 is 2.64 bits per heavy atom. The average Bonchev–Trinajstić information content (AvgIpc) is 3.06. The Labute approximate surface area is 153 Å². The molecule has 0 spiro atoms. The van der Waals surface area contributed by atoms with Gasteiger partial charge in [-0.15, -0.1) is 24.0 Å². The Kier molecular flexibility index (Phi) is 9.05. The number of aliphatic imine (C=N–C) groups is 1. The number of rotatable bonds is 6. The molecule has 0 aromatic carbocycles. The summed E-state index contributed by atoms with van der Waals surface area (Å²) in [5.41, 5.74) is 0.418. The highest BCUT2D eigenvalue weighted by atomic mass is 127. The van der Waals surface area contributed by atoms with Crippen LogP contribution in [0.4, 0.5) is 0 Å². The minimum absolute atomic E-state index is 0. The maximum absolute atomic E-state index is 5.90. The van der Waals surface area contributed by atoms with Gasteiger partial charge in [0.2, 0.25) is 0 Å². The van der Waals surface area contributed by atoms with Crippen LogP contribution < -0.4 is 5.32 Å². The fourth-order valence-electron chi connectivity index (χ4n) is 3.27. The molecule has 0 atom stereocenters. The molecule has 2 rings (SSSR count). The lowest BCUT2D eigenvalue weighted by Gasteiger charge is -2.23. The van der Waals surface area contributed by atoms with Crippen molar-refractivity contribution in [2.24, 2.45) is 10.4 Å². The van der Waals surface area contributed by atoms with Gasteiger partial charge in [-0.1, -0.05) is 26.7 Å². The molecule has 0 aromatic heterocycles. The molecule has 0 aromatic rings. The van der Waals surface area contributed by atoms with Crippen LogP contribution in [0.3, 0.4) is 0 Å². The molecule has 0 radical (unpaired) electrons. The van der Waals surface area contributed by atoms with Gasteiger partial charge in [0, 0.05) is 32.8 Å². The molecule has 22 heavy (non-hydrogen) atoms. The Morgan fingerprint density at radius 2 is 2.05 bits per heavy atom. The van der Waals surface area contributed by atoms with Crippen molar-refractivity contribution in [3.05, 3.63) is 0 Å². The van der Waals surface area contributed by atoms with E-state index in [9.17, 15) is 0 Å². The van der Waals surface area contributed by atoms with E-state index in [4.69, 9.17) is 9.73 Å². The first kappa shape index (κ1) is 20.0. The smallest absolute Gasteiger partial charge is 0.193 e. The van der Waals surface area contributed by atoms with E-state index in [0.29, 0.717) is 11.5 Å². The van der Waals surface area contributed by atoms with Crippen molar-refractivity contribution < 1.29 is 4.74 Å². The molecule has 1 heterocycles. The third-order valence-electron chi connectivity index (χ3n) is 4.53. The minimum atomic E-state index is 0. The van der Waals surface area contributed by atoms with E-state index in [1.54, 1.807) is 0 Å². The lowest BCUT2D eigenvalue weighted by Crippen LogP contribution is -2.40. The van der Waals surface area contributed by atoms with E-state index in [-0.39, 0.29) is 24.0 Å². The lowest BCUT2D eigenvalue weighted by atomic mass is 9.93. The van der Waals surface area contributed by atoms with E-state index in [1.807, 2.05) is 0 Å². The molecular weight excluding hydrogens is 389 g/mol. The van der Waals surface area contributed by atoms with Crippen LogP contribution in [0.15, 0.2) is 4.99 Å². The molecule has 1 saturated carbocycles. The monoisotopic (exact) mass is 423 g/mol. The topological polar surface area (TPSA) is 36.9 Å². The van der Waals surface area contributed by atoms with Crippen molar-refractivity contribution in [1.29, 1.82) is 0 Å². The molecular formula is C17H34IN3O. The Morgan fingerprint density at radius 1 is 1.32 bits per heavy atom. The summed E-state index contributed by atoms with van der Waals surface area (Å²) in [6.45, 7) is 11.7. The molecule has 130 valence electrons. The average molecular weight is 423 g/mol. The zero-order chi connectivity index (χ0) is 15.1. The van der Waals surface area contributed by atoms with Crippen LogP contribution in [0.1, 0.15) is 59.3 Å². The van der Waals surface area contributed by atoms with Crippen LogP contribution in [0.25, 0.3) is 0 Å². The van der Waals surface area contributed by atoms with Gasteiger partial charge < -0.3 is 15.0 Å². The molecule has 0 bridgehead atoms. The molecule has 5 heteroatoms. The zero-order valence-corrected chi connectivity index (χ0v) is 16.9. The maximum atomic E-state index is 5.90. The second-order valence-electron chi connectivity index (χ2n) is 7.20. The molecule has 4 nitrogen and oxygen atoms in total. The van der Waals surface area contributed by atoms with Crippen molar-refractivity contribution in [1.82, 2.24) is 10.2 Å². The zero-order valence-electron chi connectivity index (χ0n) is 14.6. The highest BCUT2D eigenvalue weighted by Crippen LogP contribution is 2.28. The van der Waals surface area contributed by atoms with Crippen LogP contribution in [0, 0.1) is 5.41 Å². The van der Waals surface area contributed by atoms with Crippen LogP contribution in [-0.4, -0.2) is 49.7 Å². The number of hydrogen-bond acceptors (Lipinski definition) is 2.